The van der Waals surface area contributed by atoms with E-state index >= 15 is 0 Å². The molecule has 0 bridgehead atoms. The van der Waals surface area contributed by atoms with E-state index in [1.54, 1.807) is 27.7 Å². The lowest BCUT2D eigenvalue weighted by molar-refractivity contribution is -0.142. The molecule has 0 unspecified atom stereocenters. The number of carboxylic acid groups (broad SMARTS) is 2. The van der Waals surface area contributed by atoms with Crippen LogP contribution in [0.15, 0.2) is 107 Å². The van der Waals surface area contributed by atoms with Gasteiger partial charge in [0.15, 0.2) is 0 Å². The fourth-order valence-corrected chi connectivity index (χ4v) is 15.9. The van der Waals surface area contributed by atoms with Crippen LogP contribution >= 0.6 is 23.5 Å². The number of benzene rings is 2. The smallest absolute Gasteiger partial charge is 0.415 e. The lowest BCUT2D eigenvalue weighted by atomic mass is 10.0. The van der Waals surface area contributed by atoms with Crippen molar-refractivity contribution >= 4 is 91.7 Å². The van der Waals surface area contributed by atoms with Gasteiger partial charge in [-0.05, 0) is 87.4 Å². The number of hydrogen-bond acceptors (Lipinski definition) is 20. The summed E-state index contributed by atoms with van der Waals surface area (Å²) in [6, 6.07) is 12.2. The number of aliphatic carboxylic acids is 2. The van der Waals surface area contributed by atoms with Crippen LogP contribution < -0.4 is 20.1 Å². The SMILES string of the molecule is CC1(C)SCN(S(=O)(=O)c2cccnc2)[C@@H]1C(=O)N[C@@H](Cc1ccc(OC(=O)N2CCN(C(=O)OCOC(=O)N3CCN(C(=O)Oc4ccc(C[C@H](NC(=O)[C@H]5N(S(=O)(=O)c6cccnc6)CSC5(C)C)C(=O)O)cc4)CC3)CC2)cc1)C(=O)O. The Balaban J connectivity index is 0.715. The molecule has 4 aliphatic heterocycles. The second-order valence-electron chi connectivity index (χ2n) is 20.8. The Kier molecular flexibility index (Phi) is 19.8. The summed E-state index contributed by atoms with van der Waals surface area (Å²) in [6.07, 6.45) is 1.79. The first-order chi connectivity index (χ1) is 40.2. The maximum absolute atomic E-state index is 13.7. The molecule has 0 saturated carbocycles. The number of carbonyl (C=O) groups excluding carboxylic acids is 6. The molecule has 0 aliphatic carbocycles. The van der Waals surface area contributed by atoms with Crippen molar-refractivity contribution in [2.24, 2.45) is 0 Å². The van der Waals surface area contributed by atoms with E-state index in [1.807, 2.05) is 0 Å². The standard InChI is InChI=1S/C53H62N10O18S4/c1-52(2)42(62(31-82-52)84(74,75)38-7-5-17-54-29-38)44(64)56-40(46(66)67)27-34-9-13-36(14-10-34)80-50(72)60-23-19-58(20-24-60)48(70)78-33-79-49(71)59-21-25-61(26-22-59)51(73)81-37-15-11-35(12-16-37)28-41(47(68)69)57-45(65)43-53(3,4)83-32-63(43)85(76,77)39-8-6-18-55-30-39/h5-18,29-30,40-43H,19-28,31-33H2,1-4H3,(H,56,64)(H,57,65)(H,66,67)(H,68,69)/t40-,41-,42+,43+/m0/s1. The maximum Gasteiger partial charge on any atom is 0.415 e. The van der Waals surface area contributed by atoms with Crippen LogP contribution in [0, 0.1) is 0 Å². The number of piperazine rings is 2. The molecule has 6 heterocycles. The molecule has 8 rings (SSSR count). The summed E-state index contributed by atoms with van der Waals surface area (Å²) < 4.78 is 75.6. The molecule has 456 valence electrons. The van der Waals surface area contributed by atoms with Crippen LogP contribution in [0.5, 0.6) is 11.5 Å². The van der Waals surface area contributed by atoms with Crippen molar-refractivity contribution in [3.63, 3.8) is 0 Å². The van der Waals surface area contributed by atoms with E-state index in [0.717, 1.165) is 8.61 Å². The van der Waals surface area contributed by atoms with Crippen molar-refractivity contribution in [3.05, 3.63) is 109 Å². The van der Waals surface area contributed by atoms with Crippen molar-refractivity contribution in [2.75, 3.05) is 70.9 Å². The molecule has 4 atom stereocenters. The zero-order valence-electron chi connectivity index (χ0n) is 46.4. The number of nitrogens with one attached hydrogen (secondary N) is 2. The predicted octanol–water partition coefficient (Wildman–Crippen LogP) is 2.95. The van der Waals surface area contributed by atoms with Gasteiger partial charge in [0.1, 0.15) is 45.5 Å². The number of pyridine rings is 2. The lowest BCUT2D eigenvalue weighted by Gasteiger charge is -2.34. The van der Waals surface area contributed by atoms with Gasteiger partial charge in [-0.3, -0.25) is 19.6 Å². The van der Waals surface area contributed by atoms with Crippen LogP contribution in [0.25, 0.3) is 0 Å². The zero-order chi connectivity index (χ0) is 61.4. The summed E-state index contributed by atoms with van der Waals surface area (Å²) in [6.45, 7) is 6.62. The molecule has 28 nitrogen and oxygen atoms in total. The largest absolute Gasteiger partial charge is 0.480 e. The summed E-state index contributed by atoms with van der Waals surface area (Å²) in [5, 5.41) is 25.1. The van der Waals surface area contributed by atoms with Crippen LogP contribution in [0.2, 0.25) is 0 Å². The van der Waals surface area contributed by atoms with E-state index in [9.17, 15) is 65.4 Å². The first-order valence-corrected chi connectivity index (χ1v) is 31.2. The average molecular weight is 1260 g/mol. The maximum atomic E-state index is 13.7. The van der Waals surface area contributed by atoms with Gasteiger partial charge < -0.3 is 59.4 Å². The highest BCUT2D eigenvalue weighted by Crippen LogP contribution is 2.43. The molecule has 4 fully saturated rings. The Morgan fingerprint density at radius 3 is 1.18 bits per heavy atom. The topological polar surface area (TPSA) is 352 Å². The fraction of sp³-hybridized carbons (Fsp3) is 0.434. The summed E-state index contributed by atoms with van der Waals surface area (Å²) in [7, 11) is -8.30. The van der Waals surface area contributed by atoms with E-state index in [0.29, 0.717) is 11.1 Å². The minimum absolute atomic E-state index is 0.0351. The number of nitrogens with zero attached hydrogens (tertiary/aromatic N) is 8. The van der Waals surface area contributed by atoms with E-state index < -0.39 is 109 Å². The third-order valence-electron chi connectivity index (χ3n) is 14.3. The molecule has 85 heavy (non-hydrogen) atoms. The molecule has 4 saturated heterocycles. The van der Waals surface area contributed by atoms with Crippen molar-refractivity contribution in [1.82, 2.24) is 48.8 Å². The number of ether oxygens (including phenoxy) is 4. The van der Waals surface area contributed by atoms with E-state index in [-0.39, 0.29) is 98.2 Å². The Labute approximate surface area is 497 Å². The molecule has 0 radical (unpaired) electrons. The van der Waals surface area contributed by atoms with Gasteiger partial charge in [0.25, 0.3) is 0 Å². The van der Waals surface area contributed by atoms with Gasteiger partial charge in [-0.2, -0.15) is 8.61 Å². The first-order valence-electron chi connectivity index (χ1n) is 26.4. The minimum atomic E-state index is -4.15. The van der Waals surface area contributed by atoms with Crippen molar-refractivity contribution < 1.29 is 84.4 Å². The summed E-state index contributed by atoms with van der Waals surface area (Å²) in [5.74, 6) is -4.07. The molecule has 2 aromatic carbocycles. The third kappa shape index (κ3) is 15.2. The third-order valence-corrected chi connectivity index (χ3v) is 21.0. The fourth-order valence-electron chi connectivity index (χ4n) is 9.59. The number of aromatic nitrogens is 2. The Hall–Kier alpha value is -7.78. The monoisotopic (exact) mass is 1250 g/mol. The van der Waals surface area contributed by atoms with Gasteiger partial charge in [0.05, 0.1) is 11.8 Å². The number of rotatable bonds is 18. The minimum Gasteiger partial charge on any atom is -0.480 e. The second kappa shape index (κ2) is 26.6. The van der Waals surface area contributed by atoms with Crippen LogP contribution in [0.4, 0.5) is 19.2 Å². The highest BCUT2D eigenvalue weighted by Gasteiger charge is 2.53. The summed E-state index contributed by atoms with van der Waals surface area (Å²) in [4.78, 5) is 117. The van der Waals surface area contributed by atoms with E-state index in [1.165, 1.54) is 141 Å². The number of sulfonamides is 2. The highest BCUT2D eigenvalue weighted by atomic mass is 32.2. The van der Waals surface area contributed by atoms with Crippen molar-refractivity contribution in [3.8, 4) is 11.5 Å². The summed E-state index contributed by atoms with van der Waals surface area (Å²) >= 11 is 2.48. The molecule has 4 N–H and O–H groups in total. The molecule has 4 aromatic rings. The molecular formula is C53H62N10O18S4. The van der Waals surface area contributed by atoms with E-state index in [4.69, 9.17) is 18.9 Å². The molecule has 4 aliphatic rings. The molecule has 6 amide bonds. The van der Waals surface area contributed by atoms with Gasteiger partial charge in [0.2, 0.25) is 38.7 Å². The van der Waals surface area contributed by atoms with Gasteiger partial charge in [-0.15, -0.1) is 23.5 Å². The molecule has 2 aromatic heterocycles. The second-order valence-corrected chi connectivity index (χ2v) is 27.8. The molecule has 32 heteroatoms. The lowest BCUT2D eigenvalue weighted by Crippen LogP contribution is -2.56. The Bertz CT molecular complexity index is 3130. The van der Waals surface area contributed by atoms with Crippen LogP contribution in [-0.2, 0) is 61.5 Å². The average Bonchev–Trinajstić information content (AvgIpc) is 3.09. The quantitative estimate of drug-likeness (QED) is 0.104. The van der Waals surface area contributed by atoms with Gasteiger partial charge in [-0.25, -0.2) is 45.6 Å². The van der Waals surface area contributed by atoms with Crippen molar-refractivity contribution in [2.45, 2.75) is 84.0 Å². The van der Waals surface area contributed by atoms with Gasteiger partial charge in [0, 0.05) is 99.5 Å². The molecule has 0 spiro atoms. The number of amides is 6. The van der Waals surface area contributed by atoms with Gasteiger partial charge >= 0.3 is 36.3 Å². The Morgan fingerprint density at radius 1 is 0.541 bits per heavy atom. The Morgan fingerprint density at radius 2 is 0.871 bits per heavy atom. The first kappa shape index (κ1) is 63.2. The normalized spacial score (nSPS) is 19.7. The predicted molar refractivity (Wildman–Crippen MR) is 303 cm³/mol. The zero-order valence-corrected chi connectivity index (χ0v) is 49.6. The number of carbonyl (C=O) groups is 8. The number of carboxylic acids is 2. The van der Waals surface area contributed by atoms with Gasteiger partial charge in [-0.1, -0.05) is 24.3 Å². The van der Waals surface area contributed by atoms with Crippen LogP contribution in [0.1, 0.15) is 38.8 Å². The van der Waals surface area contributed by atoms with E-state index in [2.05, 4.69) is 20.6 Å². The van der Waals surface area contributed by atoms with Crippen LogP contribution in [0.3, 0.4) is 0 Å². The van der Waals surface area contributed by atoms with Crippen LogP contribution in [-0.4, -0.2) is 218 Å². The molecular weight excluding hydrogens is 1190 g/mol. The highest BCUT2D eigenvalue weighted by molar-refractivity contribution is 8.02. The summed E-state index contributed by atoms with van der Waals surface area (Å²) in [5.41, 5.74) is 0.931. The van der Waals surface area contributed by atoms with Crippen molar-refractivity contribution in [1.29, 1.82) is 0 Å². The number of thioether (sulfide) groups is 2. The number of hydrogen-bond donors (Lipinski definition) is 4.